The molecule has 0 aliphatic heterocycles. The molecule has 5 nitrogen and oxygen atoms in total. The van der Waals surface area contributed by atoms with Crippen molar-refractivity contribution in [2.75, 3.05) is 7.11 Å². The second-order valence-electron chi connectivity index (χ2n) is 8.92. The molecule has 1 aromatic carbocycles. The van der Waals surface area contributed by atoms with Gasteiger partial charge in [-0.25, -0.2) is 4.79 Å². The summed E-state index contributed by atoms with van der Waals surface area (Å²) >= 11 is 0. The number of ether oxygens (including phenoxy) is 1. The quantitative estimate of drug-likeness (QED) is 0.533. The summed E-state index contributed by atoms with van der Waals surface area (Å²) in [4.78, 5) is 22.0. The Morgan fingerprint density at radius 2 is 1.52 bits per heavy atom. The smallest absolute Gasteiger partial charge is 0.333 e. The number of carboxylic acids is 1. The summed E-state index contributed by atoms with van der Waals surface area (Å²) in [6.07, 6.45) is 16.1. The summed E-state index contributed by atoms with van der Waals surface area (Å²) in [6.45, 7) is 1.88. The van der Waals surface area contributed by atoms with Gasteiger partial charge in [-0.2, -0.15) is 0 Å². The van der Waals surface area contributed by atoms with Crippen LogP contribution in [0, 0.1) is 0 Å². The number of benzene rings is 1. The lowest BCUT2D eigenvalue weighted by atomic mass is 9.91. The van der Waals surface area contributed by atoms with Crippen LogP contribution in [0.4, 0.5) is 0 Å². The monoisotopic (exact) mass is 429 g/mol. The van der Waals surface area contributed by atoms with Gasteiger partial charge in [0.2, 0.25) is 0 Å². The van der Waals surface area contributed by atoms with Crippen LogP contribution in [0.2, 0.25) is 0 Å². The van der Waals surface area contributed by atoms with Crippen molar-refractivity contribution < 1.29 is 24.7 Å². The first-order chi connectivity index (χ1) is 15.0. The second-order valence-corrected chi connectivity index (χ2v) is 8.92. The highest BCUT2D eigenvalue weighted by Gasteiger charge is 2.22. The number of nitrogens with two attached hydrogens (primary N) is 1. The van der Waals surface area contributed by atoms with Crippen molar-refractivity contribution in [2.45, 2.75) is 95.6 Å². The zero-order valence-corrected chi connectivity index (χ0v) is 19.2. The highest BCUT2D eigenvalue weighted by molar-refractivity contribution is 5.93. The molecule has 0 aromatic heterocycles. The average Bonchev–Trinajstić information content (AvgIpc) is 2.80. The number of aliphatic carboxylic acids is 1. The average molecular weight is 430 g/mol. The maximum absolute atomic E-state index is 11.4. The Morgan fingerprint density at radius 3 is 1.97 bits per heavy atom. The van der Waals surface area contributed by atoms with E-state index in [1.165, 1.54) is 71.3 Å². The highest BCUT2D eigenvalue weighted by atomic mass is 16.5. The summed E-state index contributed by atoms with van der Waals surface area (Å²) < 4.78 is 4.55. The SMILES string of the molecule is C1CCC([NH2+]C2CCCCC2)CC1.COC(=O)/C(=C/C(C)c1ccccc1)CC(=O)[O-]. The van der Waals surface area contributed by atoms with E-state index in [0.717, 1.165) is 17.6 Å². The summed E-state index contributed by atoms with van der Waals surface area (Å²) in [7, 11) is 1.22. The largest absolute Gasteiger partial charge is 0.550 e. The number of allylic oxidation sites excluding steroid dienone is 1. The number of esters is 1. The Bertz CT molecular complexity index is 673. The number of carbonyl (C=O) groups is 2. The van der Waals surface area contributed by atoms with E-state index in [-0.39, 0.29) is 11.5 Å². The van der Waals surface area contributed by atoms with Crippen molar-refractivity contribution in [3.63, 3.8) is 0 Å². The topological polar surface area (TPSA) is 83.0 Å². The second kappa shape index (κ2) is 14.0. The number of carbonyl (C=O) groups excluding carboxylic acids is 2. The molecule has 2 fully saturated rings. The zero-order chi connectivity index (χ0) is 22.5. The number of methoxy groups -OCH3 is 1. The van der Waals surface area contributed by atoms with Gasteiger partial charge in [0, 0.05) is 18.0 Å². The van der Waals surface area contributed by atoms with Crippen LogP contribution in [-0.4, -0.2) is 31.1 Å². The minimum atomic E-state index is -1.30. The molecule has 0 spiro atoms. The fourth-order valence-corrected chi connectivity index (χ4v) is 4.68. The van der Waals surface area contributed by atoms with E-state index >= 15 is 0 Å². The first kappa shape index (κ1) is 25.1. The van der Waals surface area contributed by atoms with Crippen LogP contribution < -0.4 is 10.4 Å². The summed E-state index contributed by atoms with van der Waals surface area (Å²) in [5, 5.41) is 13.3. The molecule has 2 aliphatic carbocycles. The molecule has 2 aliphatic rings. The van der Waals surface area contributed by atoms with E-state index in [0.29, 0.717) is 0 Å². The number of hydrogen-bond acceptors (Lipinski definition) is 4. The van der Waals surface area contributed by atoms with Gasteiger partial charge in [-0.05, 0) is 62.8 Å². The Hall–Kier alpha value is -2.14. The van der Waals surface area contributed by atoms with Gasteiger partial charge in [-0.3, -0.25) is 0 Å². The molecule has 2 N–H and O–H groups in total. The van der Waals surface area contributed by atoms with E-state index in [1.807, 2.05) is 37.3 Å². The Labute approximate surface area is 187 Å². The third-order valence-electron chi connectivity index (χ3n) is 6.40. The molecule has 3 rings (SSSR count). The third kappa shape index (κ3) is 9.69. The van der Waals surface area contributed by atoms with Crippen molar-refractivity contribution in [1.29, 1.82) is 0 Å². The van der Waals surface area contributed by atoms with Crippen LogP contribution in [0.1, 0.15) is 89.0 Å². The lowest BCUT2D eigenvalue weighted by Gasteiger charge is -2.27. The Morgan fingerprint density at radius 1 is 1.00 bits per heavy atom. The molecule has 1 aromatic rings. The minimum Gasteiger partial charge on any atom is -0.550 e. The molecule has 0 radical (unpaired) electrons. The predicted molar refractivity (Wildman–Crippen MR) is 120 cm³/mol. The van der Waals surface area contributed by atoms with Crippen LogP contribution in [-0.2, 0) is 14.3 Å². The number of quaternary nitrogens is 1. The van der Waals surface area contributed by atoms with Crippen molar-refractivity contribution >= 4 is 11.9 Å². The standard InChI is InChI=1S/C14H16O4.C12H23N/c1-10(11-6-4-3-5-7-11)8-12(9-13(15)16)14(17)18-2;1-3-7-11(8-4-1)13-12-9-5-2-6-10-12/h3-8,10H,9H2,1-2H3,(H,15,16);11-13H,1-10H2/b12-8+;. The van der Waals surface area contributed by atoms with Crippen LogP contribution in [0.3, 0.4) is 0 Å². The number of carboxylic acid groups (broad SMARTS) is 1. The van der Waals surface area contributed by atoms with Crippen molar-refractivity contribution in [2.24, 2.45) is 0 Å². The number of rotatable bonds is 7. The molecule has 0 saturated heterocycles. The molecule has 31 heavy (non-hydrogen) atoms. The van der Waals surface area contributed by atoms with Gasteiger partial charge in [0.05, 0.1) is 19.2 Å². The normalized spacial score (nSPS) is 19.1. The van der Waals surface area contributed by atoms with E-state index in [9.17, 15) is 14.7 Å². The van der Waals surface area contributed by atoms with Gasteiger partial charge < -0.3 is 20.0 Å². The van der Waals surface area contributed by atoms with Gasteiger partial charge in [-0.15, -0.1) is 0 Å². The summed E-state index contributed by atoms with van der Waals surface area (Å²) in [5.74, 6) is -2.01. The maximum atomic E-state index is 11.4. The molecule has 172 valence electrons. The van der Waals surface area contributed by atoms with Gasteiger partial charge in [0.15, 0.2) is 0 Å². The van der Waals surface area contributed by atoms with Crippen LogP contribution in [0.5, 0.6) is 0 Å². The molecule has 1 atom stereocenters. The maximum Gasteiger partial charge on any atom is 0.333 e. The molecule has 0 heterocycles. The van der Waals surface area contributed by atoms with Gasteiger partial charge in [-0.1, -0.05) is 56.2 Å². The van der Waals surface area contributed by atoms with E-state index in [2.05, 4.69) is 10.1 Å². The van der Waals surface area contributed by atoms with Crippen molar-refractivity contribution in [3.05, 3.63) is 47.5 Å². The van der Waals surface area contributed by atoms with Crippen LogP contribution in [0.25, 0.3) is 0 Å². The van der Waals surface area contributed by atoms with E-state index < -0.39 is 18.4 Å². The first-order valence-electron chi connectivity index (χ1n) is 11.9. The van der Waals surface area contributed by atoms with Gasteiger partial charge in [0.25, 0.3) is 0 Å². The van der Waals surface area contributed by atoms with Crippen LogP contribution in [0.15, 0.2) is 42.0 Å². The fraction of sp³-hybridized carbons (Fsp3) is 0.615. The summed E-state index contributed by atoms with van der Waals surface area (Å²) in [5.41, 5.74) is 1.10. The van der Waals surface area contributed by atoms with Crippen molar-refractivity contribution in [1.82, 2.24) is 0 Å². The fourth-order valence-electron chi connectivity index (χ4n) is 4.68. The lowest BCUT2D eigenvalue weighted by molar-refractivity contribution is -0.725. The molecule has 1 unspecified atom stereocenters. The molecule has 2 saturated carbocycles. The first-order valence-corrected chi connectivity index (χ1v) is 11.9. The van der Waals surface area contributed by atoms with Gasteiger partial charge >= 0.3 is 5.97 Å². The Balaban J connectivity index is 0.000000231. The minimum absolute atomic E-state index is 0.0698. The zero-order valence-electron chi connectivity index (χ0n) is 19.2. The molecule has 0 amide bonds. The van der Waals surface area contributed by atoms with Crippen molar-refractivity contribution in [3.8, 4) is 0 Å². The molecule has 5 heteroatoms. The lowest BCUT2D eigenvalue weighted by Crippen LogP contribution is -2.95. The highest BCUT2D eigenvalue weighted by Crippen LogP contribution is 2.20. The molecule has 0 bridgehead atoms. The molecular formula is C26H39NO4. The number of hydrogen-bond donors (Lipinski definition) is 1. The Kier molecular flexibility index (Phi) is 11.4. The van der Waals surface area contributed by atoms with E-state index in [1.54, 1.807) is 6.08 Å². The van der Waals surface area contributed by atoms with Crippen LogP contribution >= 0.6 is 0 Å². The summed E-state index contributed by atoms with van der Waals surface area (Å²) in [6, 6.07) is 11.5. The van der Waals surface area contributed by atoms with E-state index in [4.69, 9.17) is 0 Å². The predicted octanol–water partition coefficient (Wildman–Crippen LogP) is 3.24. The van der Waals surface area contributed by atoms with Gasteiger partial charge in [0.1, 0.15) is 0 Å². The molecular weight excluding hydrogens is 390 g/mol. The third-order valence-corrected chi connectivity index (χ3v) is 6.40.